The zero-order chi connectivity index (χ0) is 14.3. The minimum absolute atomic E-state index is 0.0976. The average Bonchev–Trinajstić information content (AvgIpc) is 2.96. The molecule has 3 rings (SSSR count). The maximum Gasteiger partial charge on any atom is 0.0757 e. The van der Waals surface area contributed by atoms with Gasteiger partial charge >= 0.3 is 0 Å². The summed E-state index contributed by atoms with van der Waals surface area (Å²) in [6.45, 7) is 8.50. The molecule has 2 unspecified atom stereocenters. The van der Waals surface area contributed by atoms with E-state index in [0.29, 0.717) is 12.1 Å². The largest absolute Gasteiger partial charge is 0.376 e. The van der Waals surface area contributed by atoms with Crippen LogP contribution in [0.3, 0.4) is 0 Å². The van der Waals surface area contributed by atoms with E-state index in [1.165, 1.54) is 24.1 Å². The molecule has 1 aliphatic carbocycles. The highest BCUT2D eigenvalue weighted by Gasteiger charge is 2.40. The summed E-state index contributed by atoms with van der Waals surface area (Å²) < 4.78 is 7.83. The van der Waals surface area contributed by atoms with Crippen LogP contribution in [0.2, 0.25) is 0 Å². The summed E-state index contributed by atoms with van der Waals surface area (Å²) in [7, 11) is 2.00. The third kappa shape index (κ3) is 2.91. The Kier molecular flexibility index (Phi) is 3.63. The van der Waals surface area contributed by atoms with Gasteiger partial charge in [-0.2, -0.15) is 5.10 Å². The zero-order valence-electron chi connectivity index (χ0n) is 13.1. The number of nitrogens with zero attached hydrogens (tertiary/aromatic N) is 2. The van der Waals surface area contributed by atoms with E-state index in [9.17, 15) is 0 Å². The molecule has 2 aliphatic rings. The quantitative estimate of drug-likeness (QED) is 0.918. The number of ether oxygens (including phenoxy) is 1. The number of hydrogen-bond donors (Lipinski definition) is 1. The lowest BCUT2D eigenvalue weighted by molar-refractivity contribution is 0.0808. The van der Waals surface area contributed by atoms with Gasteiger partial charge in [0.25, 0.3) is 0 Å². The van der Waals surface area contributed by atoms with Crippen LogP contribution in [-0.4, -0.2) is 28.5 Å². The van der Waals surface area contributed by atoms with Gasteiger partial charge in [0.1, 0.15) is 0 Å². The van der Waals surface area contributed by atoms with Crippen LogP contribution in [-0.2, 0) is 23.7 Å². The van der Waals surface area contributed by atoms with Crippen molar-refractivity contribution in [1.82, 2.24) is 15.1 Å². The Morgan fingerprint density at radius 2 is 2.10 bits per heavy atom. The van der Waals surface area contributed by atoms with Gasteiger partial charge < -0.3 is 10.1 Å². The van der Waals surface area contributed by atoms with Crippen LogP contribution in [0.15, 0.2) is 6.20 Å². The van der Waals surface area contributed by atoms with Crippen molar-refractivity contribution in [1.29, 1.82) is 0 Å². The summed E-state index contributed by atoms with van der Waals surface area (Å²) in [5.74, 6) is 0.811. The smallest absolute Gasteiger partial charge is 0.0757 e. The molecule has 1 aromatic heterocycles. The number of rotatable bonds is 4. The van der Waals surface area contributed by atoms with Crippen LogP contribution in [0.5, 0.6) is 0 Å². The molecule has 1 aromatic rings. The zero-order valence-corrected chi connectivity index (χ0v) is 13.1. The minimum Gasteiger partial charge on any atom is -0.376 e. The van der Waals surface area contributed by atoms with Crippen LogP contribution in [0, 0.1) is 5.92 Å². The fourth-order valence-corrected chi connectivity index (χ4v) is 3.26. The normalized spacial score (nSPS) is 27.2. The Bertz CT molecular complexity index is 471. The molecular formula is C16H27N3O. The summed E-state index contributed by atoms with van der Waals surface area (Å²) in [6.07, 6.45) is 6.44. The van der Waals surface area contributed by atoms with Crippen LogP contribution >= 0.6 is 0 Å². The van der Waals surface area contributed by atoms with E-state index in [2.05, 4.69) is 37.4 Å². The molecule has 0 spiro atoms. The van der Waals surface area contributed by atoms with Crippen molar-refractivity contribution in [3.05, 3.63) is 17.5 Å². The summed E-state index contributed by atoms with van der Waals surface area (Å²) in [5.41, 5.74) is 2.62. The monoisotopic (exact) mass is 277 g/mol. The van der Waals surface area contributed by atoms with Crippen molar-refractivity contribution in [3.8, 4) is 0 Å². The number of hydrogen-bond acceptors (Lipinski definition) is 3. The molecule has 0 radical (unpaired) electrons. The molecule has 112 valence electrons. The SMILES string of the molecule is Cn1cc(CNC2CCOC2C2CC2)c(C(C)(C)C)n1. The Hall–Kier alpha value is -0.870. The van der Waals surface area contributed by atoms with Gasteiger partial charge in [-0.15, -0.1) is 0 Å². The standard InChI is InChI=1S/C16H27N3O/c1-16(2,3)15-12(10-19(4)18-15)9-17-13-7-8-20-14(13)11-5-6-11/h10-11,13-14,17H,5-9H2,1-4H3. The van der Waals surface area contributed by atoms with Gasteiger partial charge in [-0.25, -0.2) is 0 Å². The molecule has 1 aliphatic heterocycles. The Morgan fingerprint density at radius 3 is 2.75 bits per heavy atom. The van der Waals surface area contributed by atoms with Gasteiger partial charge in [0.05, 0.1) is 11.8 Å². The van der Waals surface area contributed by atoms with Gasteiger partial charge in [-0.05, 0) is 25.2 Å². The van der Waals surface area contributed by atoms with Crippen molar-refractivity contribution < 1.29 is 4.74 Å². The maximum absolute atomic E-state index is 5.90. The van der Waals surface area contributed by atoms with E-state index >= 15 is 0 Å². The second-order valence-electron chi connectivity index (χ2n) is 7.38. The maximum atomic E-state index is 5.90. The van der Waals surface area contributed by atoms with Crippen molar-refractivity contribution in [2.75, 3.05) is 6.61 Å². The van der Waals surface area contributed by atoms with Gasteiger partial charge in [0, 0.05) is 43.4 Å². The van der Waals surface area contributed by atoms with Gasteiger partial charge in [-0.1, -0.05) is 20.8 Å². The Morgan fingerprint density at radius 1 is 1.35 bits per heavy atom. The molecule has 0 amide bonds. The number of aromatic nitrogens is 2. The first-order valence-electron chi connectivity index (χ1n) is 7.83. The molecule has 2 fully saturated rings. The molecule has 4 heteroatoms. The van der Waals surface area contributed by atoms with E-state index in [1.54, 1.807) is 0 Å². The first-order chi connectivity index (χ1) is 9.45. The fraction of sp³-hybridized carbons (Fsp3) is 0.812. The van der Waals surface area contributed by atoms with Crippen molar-refractivity contribution in [2.45, 2.75) is 64.1 Å². The summed E-state index contributed by atoms with van der Waals surface area (Å²) in [4.78, 5) is 0. The van der Waals surface area contributed by atoms with Crippen molar-refractivity contribution in [3.63, 3.8) is 0 Å². The van der Waals surface area contributed by atoms with E-state index in [0.717, 1.165) is 25.5 Å². The lowest BCUT2D eigenvalue weighted by atomic mass is 9.89. The van der Waals surface area contributed by atoms with E-state index in [1.807, 2.05) is 11.7 Å². The van der Waals surface area contributed by atoms with E-state index in [4.69, 9.17) is 4.74 Å². The molecule has 1 N–H and O–H groups in total. The molecule has 0 aromatic carbocycles. The predicted molar refractivity (Wildman–Crippen MR) is 79.6 cm³/mol. The Balaban J connectivity index is 1.66. The van der Waals surface area contributed by atoms with Crippen molar-refractivity contribution in [2.24, 2.45) is 13.0 Å². The highest BCUT2D eigenvalue weighted by atomic mass is 16.5. The predicted octanol–water partition coefficient (Wildman–Crippen LogP) is 2.37. The van der Waals surface area contributed by atoms with Gasteiger partial charge in [-0.3, -0.25) is 4.68 Å². The highest BCUT2D eigenvalue weighted by molar-refractivity contribution is 5.24. The fourth-order valence-electron chi connectivity index (χ4n) is 3.26. The molecule has 1 saturated carbocycles. The van der Waals surface area contributed by atoms with Crippen LogP contribution < -0.4 is 5.32 Å². The molecule has 1 saturated heterocycles. The summed E-state index contributed by atoms with van der Waals surface area (Å²) in [6, 6.07) is 0.524. The third-order valence-electron chi connectivity index (χ3n) is 4.39. The highest BCUT2D eigenvalue weighted by Crippen LogP contribution is 2.38. The third-order valence-corrected chi connectivity index (χ3v) is 4.39. The lowest BCUT2D eigenvalue weighted by Crippen LogP contribution is -2.37. The number of nitrogens with one attached hydrogen (secondary N) is 1. The summed E-state index contributed by atoms with van der Waals surface area (Å²) in [5, 5.41) is 8.36. The first kappa shape index (κ1) is 14.1. The lowest BCUT2D eigenvalue weighted by Gasteiger charge is -2.21. The van der Waals surface area contributed by atoms with Gasteiger partial charge in [0.15, 0.2) is 0 Å². The second-order valence-corrected chi connectivity index (χ2v) is 7.38. The summed E-state index contributed by atoms with van der Waals surface area (Å²) >= 11 is 0. The molecule has 2 atom stereocenters. The van der Waals surface area contributed by atoms with Crippen LogP contribution in [0.4, 0.5) is 0 Å². The Labute approximate surface area is 121 Å². The van der Waals surface area contributed by atoms with Crippen LogP contribution in [0.25, 0.3) is 0 Å². The first-order valence-corrected chi connectivity index (χ1v) is 7.83. The second kappa shape index (κ2) is 5.15. The average molecular weight is 277 g/mol. The van der Waals surface area contributed by atoms with Crippen LogP contribution in [0.1, 0.15) is 51.3 Å². The number of aryl methyl sites for hydroxylation is 1. The molecule has 20 heavy (non-hydrogen) atoms. The minimum atomic E-state index is 0.0976. The molecular weight excluding hydrogens is 250 g/mol. The molecule has 2 heterocycles. The van der Waals surface area contributed by atoms with E-state index < -0.39 is 0 Å². The van der Waals surface area contributed by atoms with Gasteiger partial charge in [0.2, 0.25) is 0 Å². The molecule has 0 bridgehead atoms. The topological polar surface area (TPSA) is 39.1 Å². The van der Waals surface area contributed by atoms with E-state index in [-0.39, 0.29) is 5.41 Å². The van der Waals surface area contributed by atoms with Crippen molar-refractivity contribution >= 4 is 0 Å². The molecule has 4 nitrogen and oxygen atoms in total.